The van der Waals surface area contributed by atoms with Crippen molar-refractivity contribution in [3.8, 4) is 0 Å². The summed E-state index contributed by atoms with van der Waals surface area (Å²) in [5.74, 6) is 0.134. The summed E-state index contributed by atoms with van der Waals surface area (Å²) >= 11 is 0. The molecule has 1 aliphatic rings. The maximum absolute atomic E-state index is 11.7. The molecule has 1 fully saturated rings. The zero-order valence-electron chi connectivity index (χ0n) is 12.7. The van der Waals surface area contributed by atoms with Gasteiger partial charge in [-0.15, -0.1) is 0 Å². The molecular formula is C15H30N2O2. The molecule has 0 aromatic carbocycles. The van der Waals surface area contributed by atoms with Crippen LogP contribution in [-0.2, 0) is 4.79 Å². The van der Waals surface area contributed by atoms with E-state index in [4.69, 9.17) is 0 Å². The molecule has 2 N–H and O–H groups in total. The molecule has 2 atom stereocenters. The van der Waals surface area contributed by atoms with Gasteiger partial charge in [-0.05, 0) is 46.6 Å². The third-order valence-corrected chi connectivity index (χ3v) is 3.69. The van der Waals surface area contributed by atoms with Crippen molar-refractivity contribution in [3.05, 3.63) is 0 Å². The van der Waals surface area contributed by atoms with Crippen molar-refractivity contribution in [3.63, 3.8) is 0 Å². The standard InChI is InChI=1S/C15H30N2O2/c1-12(2)16-15(19)8-10-17-9-6-4-5-7-14(17)11-13(3)18/h12-14,18H,4-11H2,1-3H3,(H,16,19). The predicted octanol–water partition coefficient (Wildman–Crippen LogP) is 1.92. The van der Waals surface area contributed by atoms with Crippen LogP contribution in [0.3, 0.4) is 0 Å². The monoisotopic (exact) mass is 270 g/mol. The summed E-state index contributed by atoms with van der Waals surface area (Å²) in [4.78, 5) is 14.1. The van der Waals surface area contributed by atoms with Gasteiger partial charge < -0.3 is 10.4 Å². The smallest absolute Gasteiger partial charge is 0.221 e. The fraction of sp³-hybridized carbons (Fsp3) is 0.933. The highest BCUT2D eigenvalue weighted by molar-refractivity contribution is 5.76. The van der Waals surface area contributed by atoms with Gasteiger partial charge in [0.25, 0.3) is 0 Å². The molecule has 0 aliphatic carbocycles. The van der Waals surface area contributed by atoms with E-state index in [1.54, 1.807) is 0 Å². The zero-order valence-corrected chi connectivity index (χ0v) is 12.7. The van der Waals surface area contributed by atoms with Crippen LogP contribution in [0.2, 0.25) is 0 Å². The molecule has 4 nitrogen and oxygen atoms in total. The number of carbonyl (C=O) groups is 1. The first-order valence-corrected chi connectivity index (χ1v) is 7.70. The van der Waals surface area contributed by atoms with Crippen LogP contribution in [-0.4, -0.2) is 47.2 Å². The Bertz CT molecular complexity index is 267. The number of hydrogen-bond acceptors (Lipinski definition) is 3. The fourth-order valence-electron chi connectivity index (χ4n) is 2.83. The van der Waals surface area contributed by atoms with E-state index < -0.39 is 0 Å². The van der Waals surface area contributed by atoms with Gasteiger partial charge in [0.2, 0.25) is 5.91 Å². The Morgan fingerprint density at radius 1 is 1.32 bits per heavy atom. The first-order chi connectivity index (χ1) is 8.99. The fourth-order valence-corrected chi connectivity index (χ4v) is 2.83. The number of rotatable bonds is 6. The minimum Gasteiger partial charge on any atom is -0.393 e. The Kier molecular flexibility index (Phi) is 7.39. The minimum atomic E-state index is -0.255. The summed E-state index contributed by atoms with van der Waals surface area (Å²) in [5, 5.41) is 12.5. The second-order valence-electron chi connectivity index (χ2n) is 6.10. The van der Waals surface area contributed by atoms with Crippen molar-refractivity contribution in [2.75, 3.05) is 13.1 Å². The number of amides is 1. The first kappa shape index (κ1) is 16.4. The molecule has 112 valence electrons. The number of likely N-dealkylation sites (tertiary alicyclic amines) is 1. The lowest BCUT2D eigenvalue weighted by atomic mass is 10.0. The Labute approximate surface area is 117 Å². The normalized spacial score (nSPS) is 23.1. The largest absolute Gasteiger partial charge is 0.393 e. The summed E-state index contributed by atoms with van der Waals surface area (Å²) in [5.41, 5.74) is 0. The van der Waals surface area contributed by atoms with Crippen molar-refractivity contribution < 1.29 is 9.90 Å². The molecule has 1 aliphatic heterocycles. The molecule has 1 rings (SSSR count). The molecule has 1 amide bonds. The number of aliphatic hydroxyl groups excluding tert-OH is 1. The van der Waals surface area contributed by atoms with E-state index in [2.05, 4.69) is 10.2 Å². The van der Waals surface area contributed by atoms with Gasteiger partial charge in [-0.1, -0.05) is 12.8 Å². The summed E-state index contributed by atoms with van der Waals surface area (Å²) in [6.45, 7) is 7.71. The average molecular weight is 270 g/mol. The number of carbonyl (C=O) groups excluding carboxylic acids is 1. The number of hydrogen-bond donors (Lipinski definition) is 2. The predicted molar refractivity (Wildman–Crippen MR) is 78.0 cm³/mol. The van der Waals surface area contributed by atoms with E-state index in [1.807, 2.05) is 20.8 Å². The van der Waals surface area contributed by atoms with Crippen LogP contribution in [0, 0.1) is 0 Å². The number of aliphatic hydroxyl groups is 1. The Hall–Kier alpha value is -0.610. The molecular weight excluding hydrogens is 240 g/mol. The topological polar surface area (TPSA) is 52.6 Å². The highest BCUT2D eigenvalue weighted by Gasteiger charge is 2.22. The van der Waals surface area contributed by atoms with Gasteiger partial charge in [-0.25, -0.2) is 0 Å². The van der Waals surface area contributed by atoms with E-state index in [0.29, 0.717) is 12.5 Å². The van der Waals surface area contributed by atoms with Crippen molar-refractivity contribution in [2.45, 2.75) is 77.5 Å². The van der Waals surface area contributed by atoms with Crippen molar-refractivity contribution in [1.82, 2.24) is 10.2 Å². The molecule has 0 spiro atoms. The lowest BCUT2D eigenvalue weighted by Crippen LogP contribution is -2.40. The molecule has 0 bridgehead atoms. The number of nitrogens with one attached hydrogen (secondary N) is 1. The maximum Gasteiger partial charge on any atom is 0.221 e. The molecule has 1 saturated heterocycles. The van der Waals surface area contributed by atoms with Crippen LogP contribution in [0.1, 0.15) is 59.3 Å². The molecule has 19 heavy (non-hydrogen) atoms. The molecule has 0 aromatic heterocycles. The molecule has 0 aromatic rings. The second-order valence-corrected chi connectivity index (χ2v) is 6.10. The quantitative estimate of drug-likeness (QED) is 0.775. The van der Waals surface area contributed by atoms with Gasteiger partial charge in [0, 0.05) is 25.0 Å². The van der Waals surface area contributed by atoms with Gasteiger partial charge in [-0.3, -0.25) is 9.69 Å². The van der Waals surface area contributed by atoms with E-state index in [0.717, 1.165) is 25.9 Å². The third-order valence-electron chi connectivity index (χ3n) is 3.69. The molecule has 0 radical (unpaired) electrons. The van der Waals surface area contributed by atoms with Crippen molar-refractivity contribution in [1.29, 1.82) is 0 Å². The van der Waals surface area contributed by atoms with E-state index in [-0.39, 0.29) is 18.1 Å². The van der Waals surface area contributed by atoms with Crippen LogP contribution >= 0.6 is 0 Å². The lowest BCUT2D eigenvalue weighted by molar-refractivity contribution is -0.122. The van der Waals surface area contributed by atoms with Crippen molar-refractivity contribution in [2.24, 2.45) is 0 Å². The summed E-state index contributed by atoms with van der Waals surface area (Å²) < 4.78 is 0. The average Bonchev–Trinajstić information content (AvgIpc) is 2.50. The summed E-state index contributed by atoms with van der Waals surface area (Å²) in [7, 11) is 0. The van der Waals surface area contributed by atoms with Gasteiger partial charge in [-0.2, -0.15) is 0 Å². The van der Waals surface area contributed by atoms with Gasteiger partial charge in [0.15, 0.2) is 0 Å². The van der Waals surface area contributed by atoms with Gasteiger partial charge >= 0.3 is 0 Å². The Morgan fingerprint density at radius 2 is 2.05 bits per heavy atom. The molecule has 0 saturated carbocycles. The molecule has 1 heterocycles. The SMILES string of the molecule is CC(O)CC1CCCCCN1CCC(=O)NC(C)C. The van der Waals surface area contributed by atoms with E-state index in [1.165, 1.54) is 19.3 Å². The second kappa shape index (κ2) is 8.54. The Morgan fingerprint density at radius 3 is 2.68 bits per heavy atom. The minimum absolute atomic E-state index is 0.134. The van der Waals surface area contributed by atoms with Gasteiger partial charge in [0.1, 0.15) is 0 Å². The van der Waals surface area contributed by atoms with Crippen molar-refractivity contribution >= 4 is 5.91 Å². The zero-order chi connectivity index (χ0) is 14.3. The first-order valence-electron chi connectivity index (χ1n) is 7.70. The van der Waals surface area contributed by atoms with E-state index >= 15 is 0 Å². The highest BCUT2D eigenvalue weighted by Crippen LogP contribution is 2.20. The van der Waals surface area contributed by atoms with Crippen LogP contribution < -0.4 is 5.32 Å². The van der Waals surface area contributed by atoms with Crippen LogP contribution in [0.5, 0.6) is 0 Å². The van der Waals surface area contributed by atoms with Crippen LogP contribution in [0.25, 0.3) is 0 Å². The number of nitrogens with zero attached hydrogens (tertiary/aromatic N) is 1. The van der Waals surface area contributed by atoms with Crippen LogP contribution in [0.4, 0.5) is 0 Å². The van der Waals surface area contributed by atoms with Crippen LogP contribution in [0.15, 0.2) is 0 Å². The van der Waals surface area contributed by atoms with E-state index in [9.17, 15) is 9.90 Å². The maximum atomic E-state index is 11.7. The third kappa shape index (κ3) is 6.92. The summed E-state index contributed by atoms with van der Waals surface area (Å²) in [6, 6.07) is 0.652. The highest BCUT2D eigenvalue weighted by atomic mass is 16.3. The Balaban J connectivity index is 2.43. The molecule has 4 heteroatoms. The summed E-state index contributed by atoms with van der Waals surface area (Å²) in [6.07, 6.45) is 6.01. The molecule has 2 unspecified atom stereocenters. The van der Waals surface area contributed by atoms with Gasteiger partial charge in [0.05, 0.1) is 6.10 Å². The lowest BCUT2D eigenvalue weighted by Gasteiger charge is -2.30.